The average molecular weight is 442 g/mol. The summed E-state index contributed by atoms with van der Waals surface area (Å²) in [4.78, 5) is 34.0. The molecule has 1 aliphatic heterocycles. The third-order valence-corrected chi connectivity index (χ3v) is 6.02. The van der Waals surface area contributed by atoms with Crippen LogP contribution in [0.25, 0.3) is 11.2 Å². The fourth-order valence-corrected chi connectivity index (χ4v) is 4.22. The summed E-state index contributed by atoms with van der Waals surface area (Å²) in [5.41, 5.74) is 0.767. The van der Waals surface area contributed by atoms with E-state index in [0.29, 0.717) is 22.9 Å². The number of H-pyrrole nitrogens is 1. The molecule has 0 aliphatic carbocycles. The zero-order chi connectivity index (χ0) is 22.7. The van der Waals surface area contributed by atoms with E-state index in [4.69, 9.17) is 4.74 Å². The normalized spacial score (nSPS) is 15.7. The van der Waals surface area contributed by atoms with Gasteiger partial charge in [-0.2, -0.15) is 4.98 Å². The van der Waals surface area contributed by atoms with Crippen molar-refractivity contribution in [1.29, 1.82) is 0 Å². The number of aromatic amines is 1. The first-order valence-corrected chi connectivity index (χ1v) is 11.3. The van der Waals surface area contributed by atoms with Gasteiger partial charge in [-0.05, 0) is 37.0 Å². The van der Waals surface area contributed by atoms with Gasteiger partial charge in [0.2, 0.25) is 5.95 Å². The minimum Gasteiger partial charge on any atom is -0.491 e. The smallest absolute Gasteiger partial charge is 0.329 e. The average Bonchev–Trinajstić information content (AvgIpc) is 2.96. The minimum atomic E-state index is -0.861. The van der Waals surface area contributed by atoms with E-state index in [9.17, 15) is 14.7 Å². The van der Waals surface area contributed by atoms with Crippen LogP contribution in [0.5, 0.6) is 5.75 Å². The second-order valence-corrected chi connectivity index (χ2v) is 8.38. The molecule has 0 radical (unpaired) electrons. The van der Waals surface area contributed by atoms with Crippen LogP contribution in [0.2, 0.25) is 0 Å². The summed E-state index contributed by atoms with van der Waals surface area (Å²) in [6.07, 6.45) is 4.43. The number of anilines is 1. The van der Waals surface area contributed by atoms with Crippen LogP contribution in [0.1, 0.15) is 38.2 Å². The highest BCUT2D eigenvalue weighted by molar-refractivity contribution is 5.74. The van der Waals surface area contributed by atoms with Crippen LogP contribution < -0.4 is 20.9 Å². The van der Waals surface area contributed by atoms with Gasteiger partial charge in [0.1, 0.15) is 18.5 Å². The molecule has 0 bridgehead atoms. The van der Waals surface area contributed by atoms with Crippen LogP contribution in [-0.2, 0) is 20.0 Å². The van der Waals surface area contributed by atoms with Crippen LogP contribution in [0.3, 0.4) is 0 Å². The molecule has 2 aromatic heterocycles. The lowest BCUT2D eigenvalue weighted by atomic mass is 10.2. The second-order valence-electron chi connectivity index (χ2n) is 8.38. The van der Waals surface area contributed by atoms with Crippen molar-refractivity contribution in [3.05, 3.63) is 50.7 Å². The van der Waals surface area contributed by atoms with E-state index in [0.717, 1.165) is 50.8 Å². The number of ether oxygens (including phenoxy) is 1. The highest BCUT2D eigenvalue weighted by Crippen LogP contribution is 2.23. The number of hydrogen-bond acceptors (Lipinski definition) is 6. The Kier molecular flexibility index (Phi) is 6.64. The minimum absolute atomic E-state index is 0.0793. The van der Waals surface area contributed by atoms with Gasteiger partial charge in [-0.1, -0.05) is 31.9 Å². The van der Waals surface area contributed by atoms with Crippen LogP contribution in [0, 0.1) is 0 Å². The van der Waals surface area contributed by atoms with Crippen molar-refractivity contribution in [3.63, 3.8) is 0 Å². The van der Waals surface area contributed by atoms with E-state index in [-0.39, 0.29) is 13.2 Å². The van der Waals surface area contributed by atoms with E-state index in [1.807, 2.05) is 24.3 Å². The van der Waals surface area contributed by atoms with Gasteiger partial charge < -0.3 is 19.3 Å². The summed E-state index contributed by atoms with van der Waals surface area (Å²) in [5.74, 6) is 1.31. The molecule has 3 heterocycles. The van der Waals surface area contributed by atoms with Gasteiger partial charge in [0.25, 0.3) is 5.56 Å². The van der Waals surface area contributed by atoms with Crippen molar-refractivity contribution in [2.75, 3.05) is 24.6 Å². The van der Waals surface area contributed by atoms with Crippen molar-refractivity contribution in [2.24, 2.45) is 7.05 Å². The molecule has 3 aromatic rings. The summed E-state index contributed by atoms with van der Waals surface area (Å²) in [6, 6.07) is 7.79. The molecular formula is C23H31N5O4. The Morgan fingerprint density at radius 3 is 2.66 bits per heavy atom. The van der Waals surface area contributed by atoms with E-state index < -0.39 is 17.4 Å². The Morgan fingerprint density at radius 2 is 1.94 bits per heavy atom. The first-order valence-electron chi connectivity index (χ1n) is 11.3. The third-order valence-electron chi connectivity index (χ3n) is 6.02. The lowest BCUT2D eigenvalue weighted by Gasteiger charge is -2.23. The van der Waals surface area contributed by atoms with Crippen LogP contribution in [-0.4, -0.2) is 50.0 Å². The molecule has 1 aliphatic rings. The zero-order valence-corrected chi connectivity index (χ0v) is 18.7. The molecular weight excluding hydrogens is 410 g/mol. The number of benzene rings is 1. The van der Waals surface area contributed by atoms with Gasteiger partial charge in [-0.25, -0.2) is 4.79 Å². The summed E-state index contributed by atoms with van der Waals surface area (Å²) >= 11 is 0. The topological polar surface area (TPSA) is 105 Å². The molecule has 9 nitrogen and oxygen atoms in total. The molecule has 1 aromatic carbocycles. The van der Waals surface area contributed by atoms with Gasteiger partial charge in [0, 0.05) is 20.1 Å². The van der Waals surface area contributed by atoms with Crippen LogP contribution >= 0.6 is 0 Å². The molecule has 4 rings (SSSR count). The maximum Gasteiger partial charge on any atom is 0.329 e. The Bertz CT molecular complexity index is 1190. The Balaban J connectivity index is 1.64. The Labute approximate surface area is 186 Å². The number of aromatic nitrogens is 4. The number of nitrogens with zero attached hydrogens (tertiary/aromatic N) is 4. The zero-order valence-electron chi connectivity index (χ0n) is 18.7. The predicted octanol–water partition coefficient (Wildman–Crippen LogP) is 1.81. The molecule has 32 heavy (non-hydrogen) atoms. The van der Waals surface area contributed by atoms with Crippen molar-refractivity contribution in [1.82, 2.24) is 19.1 Å². The standard InChI is InChI=1S/C23H31N5O4/c1-3-16-9-8-10-18(13-16)32-15-17(29)14-28-19-20(26(2)23(31)25-21(19)30)24-22(28)27-11-6-4-5-7-12-27/h8-10,13,17,29H,3-7,11-12,14-15H2,1-2H3,(H,25,30,31)/t17-/m1/s1. The molecule has 0 amide bonds. The molecule has 0 unspecified atom stereocenters. The van der Waals surface area contributed by atoms with Gasteiger partial charge in [-0.3, -0.25) is 14.3 Å². The second kappa shape index (κ2) is 9.60. The predicted molar refractivity (Wildman–Crippen MR) is 124 cm³/mol. The lowest BCUT2D eigenvalue weighted by molar-refractivity contribution is 0.0936. The molecule has 2 N–H and O–H groups in total. The first-order chi connectivity index (χ1) is 15.5. The van der Waals surface area contributed by atoms with E-state index in [2.05, 4.69) is 21.8 Å². The Hall–Kier alpha value is -3.07. The molecule has 1 fully saturated rings. The van der Waals surface area contributed by atoms with Crippen LogP contribution in [0.15, 0.2) is 33.9 Å². The number of nitrogens with one attached hydrogen (secondary N) is 1. The summed E-state index contributed by atoms with van der Waals surface area (Å²) in [5, 5.41) is 10.8. The number of aliphatic hydroxyl groups is 1. The quantitative estimate of drug-likeness (QED) is 0.579. The van der Waals surface area contributed by atoms with Gasteiger partial charge in [0.05, 0.1) is 6.54 Å². The molecule has 9 heteroatoms. The first kappa shape index (κ1) is 22.1. The van der Waals surface area contributed by atoms with Gasteiger partial charge in [0.15, 0.2) is 11.2 Å². The summed E-state index contributed by atoms with van der Waals surface area (Å²) in [7, 11) is 1.59. The lowest BCUT2D eigenvalue weighted by Crippen LogP contribution is -2.32. The SMILES string of the molecule is CCc1cccc(OC[C@H](O)Cn2c(N3CCCCCC3)nc3c2c(=O)[nH]c(=O)n3C)c1. The number of rotatable bonds is 7. The number of aliphatic hydroxyl groups excluding tert-OH is 1. The van der Waals surface area contributed by atoms with Crippen molar-refractivity contribution >= 4 is 17.1 Å². The number of hydrogen-bond donors (Lipinski definition) is 2. The maximum atomic E-state index is 12.7. The van der Waals surface area contributed by atoms with E-state index in [1.54, 1.807) is 11.6 Å². The number of fused-ring (bicyclic) bond motifs is 1. The Morgan fingerprint density at radius 1 is 1.19 bits per heavy atom. The number of imidazole rings is 1. The fraction of sp³-hybridized carbons (Fsp3) is 0.522. The van der Waals surface area contributed by atoms with Gasteiger partial charge >= 0.3 is 5.69 Å². The molecule has 1 saturated heterocycles. The molecule has 0 spiro atoms. The number of aryl methyl sites for hydroxylation is 2. The third kappa shape index (κ3) is 4.57. The molecule has 0 saturated carbocycles. The van der Waals surface area contributed by atoms with E-state index in [1.165, 1.54) is 4.57 Å². The highest BCUT2D eigenvalue weighted by atomic mass is 16.5. The van der Waals surface area contributed by atoms with Gasteiger partial charge in [-0.15, -0.1) is 0 Å². The summed E-state index contributed by atoms with van der Waals surface area (Å²) in [6.45, 7) is 3.94. The molecule has 1 atom stereocenters. The van der Waals surface area contributed by atoms with Crippen molar-refractivity contribution < 1.29 is 9.84 Å². The summed E-state index contributed by atoms with van der Waals surface area (Å²) < 4.78 is 8.88. The fourth-order valence-electron chi connectivity index (χ4n) is 4.22. The highest BCUT2D eigenvalue weighted by Gasteiger charge is 2.24. The monoisotopic (exact) mass is 441 g/mol. The van der Waals surface area contributed by atoms with Crippen molar-refractivity contribution in [3.8, 4) is 5.75 Å². The molecule has 172 valence electrons. The van der Waals surface area contributed by atoms with Crippen LogP contribution in [0.4, 0.5) is 5.95 Å². The van der Waals surface area contributed by atoms with E-state index >= 15 is 0 Å². The van der Waals surface area contributed by atoms with Crippen molar-refractivity contribution in [2.45, 2.75) is 51.7 Å². The maximum absolute atomic E-state index is 12.7. The largest absolute Gasteiger partial charge is 0.491 e.